The quantitative estimate of drug-likeness (QED) is 0.712. The van der Waals surface area contributed by atoms with Crippen LogP contribution in [0.15, 0.2) is 23.9 Å². The lowest BCUT2D eigenvalue weighted by Crippen LogP contribution is -2.47. The Balaban J connectivity index is 2.81. The standard InChI is InChI=1S/C10H15NO3/c1-3-7-14-10(2)8(9(12)13)5-4-6-11-10/h4-6,11H,3,7H2,1-2H3,(H,12,13). The molecule has 1 atom stereocenters. The third-order valence-electron chi connectivity index (χ3n) is 2.06. The first-order chi connectivity index (χ1) is 6.60. The van der Waals surface area contributed by atoms with Crippen LogP contribution < -0.4 is 5.32 Å². The van der Waals surface area contributed by atoms with Crippen molar-refractivity contribution in [1.82, 2.24) is 5.32 Å². The van der Waals surface area contributed by atoms with Crippen molar-refractivity contribution in [3.8, 4) is 0 Å². The summed E-state index contributed by atoms with van der Waals surface area (Å²) >= 11 is 0. The van der Waals surface area contributed by atoms with Crippen LogP contribution in [0, 0.1) is 0 Å². The highest BCUT2D eigenvalue weighted by Crippen LogP contribution is 2.21. The van der Waals surface area contributed by atoms with Gasteiger partial charge in [0, 0.05) is 6.61 Å². The number of allylic oxidation sites excluding steroid dienone is 2. The summed E-state index contributed by atoms with van der Waals surface area (Å²) in [6.45, 7) is 4.22. The van der Waals surface area contributed by atoms with Gasteiger partial charge in [0.15, 0.2) is 5.72 Å². The van der Waals surface area contributed by atoms with Crippen LogP contribution in [0.5, 0.6) is 0 Å². The van der Waals surface area contributed by atoms with E-state index in [1.54, 1.807) is 25.3 Å². The molecule has 4 nitrogen and oxygen atoms in total. The first kappa shape index (κ1) is 10.8. The summed E-state index contributed by atoms with van der Waals surface area (Å²) in [6.07, 6.45) is 5.74. The first-order valence-corrected chi connectivity index (χ1v) is 4.62. The fourth-order valence-electron chi connectivity index (χ4n) is 1.29. The van der Waals surface area contributed by atoms with Crippen LogP contribution in [0.4, 0.5) is 0 Å². The van der Waals surface area contributed by atoms with E-state index in [1.807, 2.05) is 6.92 Å². The van der Waals surface area contributed by atoms with Crippen molar-refractivity contribution >= 4 is 5.97 Å². The molecule has 0 saturated carbocycles. The highest BCUT2D eigenvalue weighted by molar-refractivity contribution is 5.89. The summed E-state index contributed by atoms with van der Waals surface area (Å²) in [7, 11) is 0. The third kappa shape index (κ3) is 2.14. The van der Waals surface area contributed by atoms with Crippen LogP contribution in [0.25, 0.3) is 0 Å². The van der Waals surface area contributed by atoms with Crippen LogP contribution in [0.3, 0.4) is 0 Å². The van der Waals surface area contributed by atoms with Gasteiger partial charge in [0.1, 0.15) is 0 Å². The number of carboxylic acids is 1. The zero-order chi connectivity index (χ0) is 10.6. The zero-order valence-electron chi connectivity index (χ0n) is 8.41. The predicted molar refractivity (Wildman–Crippen MR) is 52.6 cm³/mol. The van der Waals surface area contributed by atoms with Gasteiger partial charge in [0.25, 0.3) is 0 Å². The minimum absolute atomic E-state index is 0.230. The number of hydrogen-bond acceptors (Lipinski definition) is 3. The molecule has 1 aliphatic heterocycles. The SMILES string of the molecule is CCCOC1(C)NC=CC=C1C(=O)O. The highest BCUT2D eigenvalue weighted by atomic mass is 16.5. The van der Waals surface area contributed by atoms with Gasteiger partial charge in [-0.05, 0) is 31.7 Å². The molecule has 2 N–H and O–H groups in total. The topological polar surface area (TPSA) is 58.6 Å². The van der Waals surface area contributed by atoms with Gasteiger partial charge in [0.2, 0.25) is 0 Å². The molecule has 0 spiro atoms. The normalized spacial score (nSPS) is 25.4. The second-order valence-electron chi connectivity index (χ2n) is 3.27. The van der Waals surface area contributed by atoms with Gasteiger partial charge in [-0.1, -0.05) is 6.92 Å². The van der Waals surface area contributed by atoms with Crippen LogP contribution in [0.1, 0.15) is 20.3 Å². The maximum absolute atomic E-state index is 10.9. The molecule has 0 aromatic carbocycles. The number of nitrogens with one attached hydrogen (secondary N) is 1. The van der Waals surface area contributed by atoms with Gasteiger partial charge in [0.05, 0.1) is 5.57 Å². The van der Waals surface area contributed by atoms with Crippen molar-refractivity contribution in [3.63, 3.8) is 0 Å². The molecule has 0 aromatic rings. The van der Waals surface area contributed by atoms with E-state index in [9.17, 15) is 4.79 Å². The Bertz CT molecular complexity index is 283. The number of ether oxygens (including phenoxy) is 1. The van der Waals surface area contributed by atoms with E-state index in [1.165, 1.54) is 0 Å². The van der Waals surface area contributed by atoms with E-state index in [-0.39, 0.29) is 5.57 Å². The van der Waals surface area contributed by atoms with Crippen LogP contribution >= 0.6 is 0 Å². The van der Waals surface area contributed by atoms with E-state index in [0.29, 0.717) is 6.61 Å². The fourth-order valence-corrected chi connectivity index (χ4v) is 1.29. The van der Waals surface area contributed by atoms with Gasteiger partial charge in [-0.3, -0.25) is 0 Å². The van der Waals surface area contributed by atoms with Crippen molar-refractivity contribution in [2.45, 2.75) is 26.0 Å². The molecule has 1 rings (SSSR count). The van der Waals surface area contributed by atoms with Gasteiger partial charge in [-0.2, -0.15) is 0 Å². The molecule has 0 saturated heterocycles. The largest absolute Gasteiger partial charge is 0.478 e. The first-order valence-electron chi connectivity index (χ1n) is 4.62. The Morgan fingerprint density at radius 2 is 2.43 bits per heavy atom. The lowest BCUT2D eigenvalue weighted by Gasteiger charge is -2.32. The molecule has 0 aliphatic carbocycles. The molecule has 78 valence electrons. The summed E-state index contributed by atoms with van der Waals surface area (Å²) in [5.74, 6) is -0.958. The van der Waals surface area contributed by atoms with Gasteiger partial charge >= 0.3 is 5.97 Å². The Hall–Kier alpha value is -1.29. The second-order valence-corrected chi connectivity index (χ2v) is 3.27. The predicted octanol–water partition coefficient (Wildman–Crippen LogP) is 1.26. The molecular weight excluding hydrogens is 182 g/mol. The van der Waals surface area contributed by atoms with Crippen molar-refractivity contribution in [2.24, 2.45) is 0 Å². The lowest BCUT2D eigenvalue weighted by atomic mass is 10.0. The maximum Gasteiger partial charge on any atom is 0.336 e. The average Bonchev–Trinajstić information content (AvgIpc) is 2.15. The van der Waals surface area contributed by atoms with E-state index >= 15 is 0 Å². The second kappa shape index (κ2) is 4.28. The van der Waals surface area contributed by atoms with Crippen LogP contribution in [-0.2, 0) is 9.53 Å². The monoisotopic (exact) mass is 197 g/mol. The Morgan fingerprint density at radius 1 is 1.71 bits per heavy atom. The molecule has 0 fully saturated rings. The molecule has 14 heavy (non-hydrogen) atoms. The third-order valence-corrected chi connectivity index (χ3v) is 2.06. The van der Waals surface area contributed by atoms with Gasteiger partial charge in [-0.15, -0.1) is 0 Å². The molecule has 1 heterocycles. The van der Waals surface area contributed by atoms with Crippen molar-refractivity contribution in [3.05, 3.63) is 23.9 Å². The van der Waals surface area contributed by atoms with E-state index in [0.717, 1.165) is 6.42 Å². The molecule has 1 unspecified atom stereocenters. The maximum atomic E-state index is 10.9. The molecule has 0 bridgehead atoms. The van der Waals surface area contributed by atoms with E-state index in [2.05, 4.69) is 5.32 Å². The highest BCUT2D eigenvalue weighted by Gasteiger charge is 2.34. The smallest absolute Gasteiger partial charge is 0.336 e. The summed E-state index contributed by atoms with van der Waals surface area (Å²) in [5, 5.41) is 11.9. The molecule has 0 radical (unpaired) electrons. The Kier molecular flexibility index (Phi) is 3.30. The zero-order valence-corrected chi connectivity index (χ0v) is 8.41. The van der Waals surface area contributed by atoms with Crippen molar-refractivity contribution in [1.29, 1.82) is 0 Å². The molecular formula is C10H15NO3. The van der Waals surface area contributed by atoms with Crippen molar-refractivity contribution in [2.75, 3.05) is 6.61 Å². The van der Waals surface area contributed by atoms with Gasteiger partial charge in [-0.25, -0.2) is 4.79 Å². The van der Waals surface area contributed by atoms with Gasteiger partial charge < -0.3 is 15.2 Å². The fraction of sp³-hybridized carbons (Fsp3) is 0.500. The average molecular weight is 197 g/mol. The number of hydrogen-bond donors (Lipinski definition) is 2. The number of carbonyl (C=O) groups is 1. The van der Waals surface area contributed by atoms with E-state index < -0.39 is 11.7 Å². The van der Waals surface area contributed by atoms with E-state index in [4.69, 9.17) is 9.84 Å². The summed E-state index contributed by atoms with van der Waals surface area (Å²) in [6, 6.07) is 0. The molecule has 0 amide bonds. The van der Waals surface area contributed by atoms with Crippen molar-refractivity contribution < 1.29 is 14.6 Å². The number of dihydropyridines is 1. The van der Waals surface area contributed by atoms with Crippen LogP contribution in [-0.4, -0.2) is 23.4 Å². The summed E-state index contributed by atoms with van der Waals surface area (Å²) in [4.78, 5) is 10.9. The number of rotatable bonds is 4. The molecule has 1 aliphatic rings. The number of carboxylic acid groups (broad SMARTS) is 1. The number of aliphatic carboxylic acids is 1. The van der Waals surface area contributed by atoms with Crippen LogP contribution in [0.2, 0.25) is 0 Å². The molecule has 4 heteroatoms. The lowest BCUT2D eigenvalue weighted by molar-refractivity contribution is -0.136. The molecule has 0 aromatic heterocycles. The Morgan fingerprint density at radius 3 is 3.00 bits per heavy atom. The minimum atomic E-state index is -0.958. The summed E-state index contributed by atoms with van der Waals surface area (Å²) < 4.78 is 5.48. The minimum Gasteiger partial charge on any atom is -0.478 e. The summed E-state index contributed by atoms with van der Waals surface area (Å²) in [5.41, 5.74) is -0.676. The Labute approximate surface area is 83.3 Å².